The third kappa shape index (κ3) is 3.51. The third-order valence-electron chi connectivity index (χ3n) is 3.78. The van der Waals surface area contributed by atoms with Crippen LogP contribution in [-0.4, -0.2) is 22.5 Å². The number of rotatable bonds is 6. The minimum atomic E-state index is -1.00. The highest BCUT2D eigenvalue weighted by atomic mass is 35.5. The summed E-state index contributed by atoms with van der Waals surface area (Å²) < 4.78 is 0. The maximum atomic E-state index is 11.8. The Bertz CT molecular complexity index is 494. The van der Waals surface area contributed by atoms with E-state index in [1.54, 1.807) is 0 Å². The number of aliphatic carboxylic acids is 1. The first-order valence-corrected chi connectivity index (χ1v) is 7.18. The summed E-state index contributed by atoms with van der Waals surface area (Å²) in [6.45, 7) is 0. The smallest absolute Gasteiger partial charge is 0.329 e. The molecule has 0 saturated heterocycles. The molecule has 0 radical (unpaired) electrons. The summed E-state index contributed by atoms with van der Waals surface area (Å²) in [5.74, 6) is -1.10. The predicted octanol–water partition coefficient (Wildman–Crippen LogP) is 2.79. The Morgan fingerprint density at radius 3 is 2.40 bits per heavy atom. The average Bonchev–Trinajstić information content (AvgIpc) is 2.36. The van der Waals surface area contributed by atoms with E-state index in [1.807, 2.05) is 24.3 Å². The zero-order chi connectivity index (χ0) is 14.6. The van der Waals surface area contributed by atoms with Crippen LogP contribution >= 0.6 is 11.6 Å². The predicted molar refractivity (Wildman–Crippen MR) is 76.8 cm³/mol. The van der Waals surface area contributed by atoms with Crippen molar-refractivity contribution in [1.29, 1.82) is 0 Å². The zero-order valence-corrected chi connectivity index (χ0v) is 11.9. The number of nitrogens with one attached hydrogen (secondary N) is 1. The van der Waals surface area contributed by atoms with E-state index in [2.05, 4.69) is 5.32 Å². The van der Waals surface area contributed by atoms with E-state index < -0.39 is 11.5 Å². The van der Waals surface area contributed by atoms with Crippen LogP contribution in [-0.2, 0) is 16.0 Å². The van der Waals surface area contributed by atoms with Gasteiger partial charge in [-0.25, -0.2) is 4.79 Å². The molecular formula is C15H18ClNO3. The van der Waals surface area contributed by atoms with Crippen LogP contribution in [0.5, 0.6) is 0 Å². The molecule has 1 aliphatic rings. The number of carboxylic acids is 1. The van der Waals surface area contributed by atoms with Gasteiger partial charge in [-0.15, -0.1) is 0 Å². The molecule has 5 heteroatoms. The molecule has 4 nitrogen and oxygen atoms in total. The maximum absolute atomic E-state index is 11.8. The lowest BCUT2D eigenvalue weighted by molar-refractivity contribution is -0.151. The molecule has 0 unspecified atom stereocenters. The van der Waals surface area contributed by atoms with E-state index in [4.69, 9.17) is 16.7 Å². The third-order valence-corrected chi connectivity index (χ3v) is 4.03. The normalized spacial score (nSPS) is 16.2. The molecule has 2 rings (SSSR count). The maximum Gasteiger partial charge on any atom is 0.329 e. The van der Waals surface area contributed by atoms with Gasteiger partial charge in [0.05, 0.1) is 0 Å². The van der Waals surface area contributed by atoms with Crippen molar-refractivity contribution in [3.8, 4) is 0 Å². The van der Waals surface area contributed by atoms with Crippen molar-refractivity contribution >= 4 is 23.5 Å². The van der Waals surface area contributed by atoms with Gasteiger partial charge in [0.25, 0.3) is 0 Å². The first kappa shape index (κ1) is 14.9. The fourth-order valence-electron chi connectivity index (χ4n) is 2.36. The SMILES string of the molecule is O=C(CCCc1ccc(Cl)cc1)NC1(C(=O)O)CCC1. The van der Waals surface area contributed by atoms with Gasteiger partial charge < -0.3 is 10.4 Å². The summed E-state index contributed by atoms with van der Waals surface area (Å²) in [6, 6.07) is 7.52. The molecule has 0 spiro atoms. The molecule has 0 aromatic heterocycles. The molecule has 1 aromatic carbocycles. The van der Waals surface area contributed by atoms with Crippen molar-refractivity contribution in [1.82, 2.24) is 5.32 Å². The quantitative estimate of drug-likeness (QED) is 0.848. The molecule has 1 aromatic rings. The Labute approximate surface area is 123 Å². The minimum Gasteiger partial charge on any atom is -0.480 e. The number of hydrogen-bond acceptors (Lipinski definition) is 2. The number of carbonyl (C=O) groups is 2. The second kappa shape index (κ2) is 6.27. The highest BCUT2D eigenvalue weighted by Gasteiger charge is 2.45. The standard InChI is InChI=1S/C15H18ClNO3/c16-12-7-5-11(6-8-12)3-1-4-13(18)17-15(14(19)20)9-2-10-15/h5-8H,1-4,9-10H2,(H,17,18)(H,19,20). The number of carboxylic acid groups (broad SMARTS) is 1. The van der Waals surface area contributed by atoms with E-state index in [0.717, 1.165) is 18.4 Å². The number of carbonyl (C=O) groups excluding carboxylic acids is 1. The first-order valence-electron chi connectivity index (χ1n) is 6.81. The lowest BCUT2D eigenvalue weighted by Crippen LogP contribution is -2.59. The number of aryl methyl sites for hydroxylation is 1. The summed E-state index contributed by atoms with van der Waals surface area (Å²) in [4.78, 5) is 22.9. The van der Waals surface area contributed by atoms with E-state index in [9.17, 15) is 9.59 Å². The fraction of sp³-hybridized carbons (Fsp3) is 0.467. The van der Waals surface area contributed by atoms with Gasteiger partial charge in [-0.3, -0.25) is 4.79 Å². The van der Waals surface area contributed by atoms with Crippen LogP contribution in [0.1, 0.15) is 37.7 Å². The van der Waals surface area contributed by atoms with Crippen molar-refractivity contribution < 1.29 is 14.7 Å². The van der Waals surface area contributed by atoms with E-state index >= 15 is 0 Å². The molecular weight excluding hydrogens is 278 g/mol. The minimum absolute atomic E-state index is 0.180. The van der Waals surface area contributed by atoms with Crippen LogP contribution in [0.2, 0.25) is 5.02 Å². The lowest BCUT2D eigenvalue weighted by atomic mass is 9.76. The molecule has 0 bridgehead atoms. The molecule has 1 amide bonds. The summed E-state index contributed by atoms with van der Waals surface area (Å²) in [6.07, 6.45) is 3.75. The molecule has 1 fully saturated rings. The number of benzene rings is 1. The van der Waals surface area contributed by atoms with Crippen LogP contribution in [0.15, 0.2) is 24.3 Å². The fourth-order valence-corrected chi connectivity index (χ4v) is 2.48. The Kier molecular flexibility index (Phi) is 4.65. The summed E-state index contributed by atoms with van der Waals surface area (Å²) >= 11 is 5.80. The molecule has 0 aliphatic heterocycles. The van der Waals surface area contributed by atoms with Gasteiger partial charge in [0.2, 0.25) is 5.91 Å². The first-order chi connectivity index (χ1) is 9.52. The van der Waals surface area contributed by atoms with Crippen LogP contribution in [0.3, 0.4) is 0 Å². The van der Waals surface area contributed by atoms with Gasteiger partial charge in [-0.1, -0.05) is 23.7 Å². The summed E-state index contributed by atoms with van der Waals surface area (Å²) in [5, 5.41) is 12.5. The molecule has 2 N–H and O–H groups in total. The molecule has 20 heavy (non-hydrogen) atoms. The van der Waals surface area contributed by atoms with Crippen molar-refractivity contribution in [3.63, 3.8) is 0 Å². The largest absolute Gasteiger partial charge is 0.480 e. The van der Waals surface area contributed by atoms with E-state index in [1.165, 1.54) is 0 Å². The van der Waals surface area contributed by atoms with Crippen molar-refractivity contribution in [2.75, 3.05) is 0 Å². The molecule has 1 aliphatic carbocycles. The van der Waals surface area contributed by atoms with Crippen LogP contribution in [0.25, 0.3) is 0 Å². The van der Waals surface area contributed by atoms with Crippen LogP contribution in [0, 0.1) is 0 Å². The second-order valence-corrected chi connectivity index (χ2v) is 5.71. The zero-order valence-electron chi connectivity index (χ0n) is 11.2. The van der Waals surface area contributed by atoms with Gasteiger partial charge in [-0.05, 0) is 49.8 Å². The van der Waals surface area contributed by atoms with Gasteiger partial charge in [0.1, 0.15) is 5.54 Å². The summed E-state index contributed by atoms with van der Waals surface area (Å²) in [5.41, 5.74) is 0.121. The van der Waals surface area contributed by atoms with Crippen molar-refractivity contribution in [2.24, 2.45) is 0 Å². The Hall–Kier alpha value is -1.55. The van der Waals surface area contributed by atoms with Crippen LogP contribution < -0.4 is 5.32 Å². The van der Waals surface area contributed by atoms with E-state index in [0.29, 0.717) is 30.7 Å². The number of amides is 1. The van der Waals surface area contributed by atoms with E-state index in [-0.39, 0.29) is 5.91 Å². The number of hydrogen-bond donors (Lipinski definition) is 2. The molecule has 108 valence electrons. The number of halogens is 1. The molecule has 1 saturated carbocycles. The van der Waals surface area contributed by atoms with Crippen molar-refractivity contribution in [3.05, 3.63) is 34.9 Å². The highest BCUT2D eigenvalue weighted by molar-refractivity contribution is 6.30. The van der Waals surface area contributed by atoms with Gasteiger partial charge in [-0.2, -0.15) is 0 Å². The summed E-state index contributed by atoms with van der Waals surface area (Å²) in [7, 11) is 0. The topological polar surface area (TPSA) is 66.4 Å². The average molecular weight is 296 g/mol. The lowest BCUT2D eigenvalue weighted by Gasteiger charge is -2.38. The second-order valence-electron chi connectivity index (χ2n) is 5.27. The monoisotopic (exact) mass is 295 g/mol. The van der Waals surface area contributed by atoms with Crippen LogP contribution in [0.4, 0.5) is 0 Å². The Morgan fingerprint density at radius 2 is 1.90 bits per heavy atom. The highest BCUT2D eigenvalue weighted by Crippen LogP contribution is 2.32. The van der Waals surface area contributed by atoms with Gasteiger partial charge >= 0.3 is 5.97 Å². The Morgan fingerprint density at radius 1 is 1.25 bits per heavy atom. The molecule has 0 heterocycles. The Balaban J connectivity index is 1.75. The molecule has 0 atom stereocenters. The van der Waals surface area contributed by atoms with Crippen molar-refractivity contribution in [2.45, 2.75) is 44.1 Å². The van der Waals surface area contributed by atoms with Gasteiger partial charge in [0.15, 0.2) is 0 Å². The van der Waals surface area contributed by atoms with Gasteiger partial charge in [0, 0.05) is 11.4 Å².